The number of fused-ring (bicyclic) bond motifs is 1. The maximum atomic E-state index is 4.86. The molecule has 0 spiro atoms. The lowest BCUT2D eigenvalue weighted by molar-refractivity contribution is 0.647. The molecular weight excluding hydrogens is 316 g/mol. The van der Waals surface area contributed by atoms with Gasteiger partial charge in [0.1, 0.15) is 16.5 Å². The zero-order chi connectivity index (χ0) is 16.5. The minimum Gasteiger partial charge on any atom is -0.368 e. The van der Waals surface area contributed by atoms with E-state index in [1.807, 2.05) is 0 Å². The first-order valence-electron chi connectivity index (χ1n) is 8.56. The molecule has 4 rings (SSSR count). The molecule has 124 valence electrons. The number of hydrogen-bond acceptors (Lipinski definition) is 5. The van der Waals surface area contributed by atoms with Gasteiger partial charge in [-0.05, 0) is 25.1 Å². The molecule has 0 aliphatic carbocycles. The fraction of sp³-hybridized carbons (Fsp3) is 0.368. The molecule has 3 heterocycles. The number of aryl methyl sites for hydroxylation is 2. The lowest BCUT2D eigenvalue weighted by Gasteiger charge is -2.37. The smallest absolute Gasteiger partial charge is 0.141 e. The number of nitrogens with zero attached hydrogens (tertiary/aromatic N) is 4. The first kappa shape index (κ1) is 15.4. The highest BCUT2D eigenvalue weighted by atomic mass is 32.1. The molecule has 5 heteroatoms. The van der Waals surface area contributed by atoms with E-state index in [2.05, 4.69) is 60.0 Å². The van der Waals surface area contributed by atoms with E-state index in [1.165, 1.54) is 16.0 Å². The average molecular weight is 338 g/mol. The molecule has 1 aliphatic heterocycles. The van der Waals surface area contributed by atoms with Crippen molar-refractivity contribution in [2.24, 2.45) is 0 Å². The molecule has 24 heavy (non-hydrogen) atoms. The minimum atomic E-state index is 0.879. The van der Waals surface area contributed by atoms with Crippen molar-refractivity contribution in [2.45, 2.75) is 20.3 Å². The van der Waals surface area contributed by atoms with Crippen molar-refractivity contribution in [3.63, 3.8) is 0 Å². The highest BCUT2D eigenvalue weighted by molar-refractivity contribution is 7.18. The van der Waals surface area contributed by atoms with Crippen LogP contribution >= 0.6 is 11.3 Å². The SMILES string of the molecule is CCc1nc(N2CCN(c3ccccc3)CC2)c2cc(C)sc2n1. The van der Waals surface area contributed by atoms with Crippen LogP contribution in [0.5, 0.6) is 0 Å². The first-order valence-corrected chi connectivity index (χ1v) is 9.38. The summed E-state index contributed by atoms with van der Waals surface area (Å²) >= 11 is 1.77. The summed E-state index contributed by atoms with van der Waals surface area (Å²) in [6.45, 7) is 8.33. The molecule has 0 radical (unpaired) electrons. The van der Waals surface area contributed by atoms with E-state index in [-0.39, 0.29) is 0 Å². The molecule has 0 saturated carbocycles. The largest absolute Gasteiger partial charge is 0.368 e. The Bertz CT molecular complexity index is 835. The average Bonchev–Trinajstić information content (AvgIpc) is 3.02. The Morgan fingerprint density at radius 3 is 2.42 bits per heavy atom. The van der Waals surface area contributed by atoms with E-state index in [0.717, 1.165) is 49.1 Å². The van der Waals surface area contributed by atoms with Gasteiger partial charge in [0.25, 0.3) is 0 Å². The van der Waals surface area contributed by atoms with Crippen molar-refractivity contribution < 1.29 is 0 Å². The third-order valence-corrected chi connectivity index (χ3v) is 5.50. The van der Waals surface area contributed by atoms with Gasteiger partial charge >= 0.3 is 0 Å². The van der Waals surface area contributed by atoms with Crippen molar-refractivity contribution in [1.82, 2.24) is 9.97 Å². The summed E-state index contributed by atoms with van der Waals surface area (Å²) < 4.78 is 0. The third kappa shape index (κ3) is 2.84. The van der Waals surface area contributed by atoms with E-state index in [9.17, 15) is 0 Å². The molecule has 1 aromatic carbocycles. The van der Waals surface area contributed by atoms with E-state index in [1.54, 1.807) is 11.3 Å². The molecular formula is C19H22N4S. The summed E-state index contributed by atoms with van der Waals surface area (Å²) in [7, 11) is 0. The van der Waals surface area contributed by atoms with Gasteiger partial charge in [-0.1, -0.05) is 25.1 Å². The van der Waals surface area contributed by atoms with Gasteiger partial charge in [0, 0.05) is 43.2 Å². The summed E-state index contributed by atoms with van der Waals surface area (Å²) in [6.07, 6.45) is 0.879. The molecule has 0 unspecified atom stereocenters. The topological polar surface area (TPSA) is 32.3 Å². The number of aromatic nitrogens is 2. The highest BCUT2D eigenvalue weighted by Crippen LogP contribution is 2.31. The van der Waals surface area contributed by atoms with Crippen molar-refractivity contribution >= 4 is 33.1 Å². The molecule has 0 bridgehead atoms. The van der Waals surface area contributed by atoms with Crippen molar-refractivity contribution in [1.29, 1.82) is 0 Å². The molecule has 1 fully saturated rings. The Balaban J connectivity index is 1.60. The predicted molar refractivity (Wildman–Crippen MR) is 102 cm³/mol. The minimum absolute atomic E-state index is 0.879. The van der Waals surface area contributed by atoms with E-state index >= 15 is 0 Å². The number of para-hydroxylation sites is 1. The van der Waals surface area contributed by atoms with Crippen LogP contribution in [0.3, 0.4) is 0 Å². The molecule has 0 N–H and O–H groups in total. The summed E-state index contributed by atoms with van der Waals surface area (Å²) in [5.41, 5.74) is 1.31. The lowest BCUT2D eigenvalue weighted by Crippen LogP contribution is -2.47. The number of benzene rings is 1. The van der Waals surface area contributed by atoms with Gasteiger partial charge in [-0.3, -0.25) is 0 Å². The second-order valence-corrected chi connectivity index (χ2v) is 7.44. The standard InChI is InChI=1S/C19H22N4S/c1-3-17-20-18(16-13-14(2)24-19(16)21-17)23-11-9-22(10-12-23)15-7-5-4-6-8-15/h4-8,13H,3,9-12H2,1-2H3. The maximum Gasteiger partial charge on any atom is 0.141 e. The Morgan fingerprint density at radius 2 is 1.71 bits per heavy atom. The maximum absolute atomic E-state index is 4.86. The second-order valence-electron chi connectivity index (χ2n) is 6.20. The summed E-state index contributed by atoms with van der Waals surface area (Å²) in [5.74, 6) is 2.07. The van der Waals surface area contributed by atoms with Crippen molar-refractivity contribution in [3.8, 4) is 0 Å². The number of rotatable bonds is 3. The predicted octanol–water partition coefficient (Wildman–Crippen LogP) is 3.89. The van der Waals surface area contributed by atoms with Crippen LogP contribution in [0.4, 0.5) is 11.5 Å². The monoisotopic (exact) mass is 338 g/mol. The Labute approximate surface area is 146 Å². The molecule has 0 amide bonds. The quantitative estimate of drug-likeness (QED) is 0.725. The fourth-order valence-corrected chi connectivity index (χ4v) is 4.18. The fourth-order valence-electron chi connectivity index (χ4n) is 3.28. The van der Waals surface area contributed by atoms with Crippen LogP contribution in [0.25, 0.3) is 10.2 Å². The van der Waals surface area contributed by atoms with Crippen molar-refractivity contribution in [2.75, 3.05) is 36.0 Å². The van der Waals surface area contributed by atoms with Crippen LogP contribution in [-0.4, -0.2) is 36.1 Å². The molecule has 1 aliphatic rings. The summed E-state index contributed by atoms with van der Waals surface area (Å²) in [5, 5.41) is 1.21. The first-order chi connectivity index (χ1) is 11.7. The van der Waals surface area contributed by atoms with Crippen LogP contribution < -0.4 is 9.80 Å². The van der Waals surface area contributed by atoms with Crippen LogP contribution in [0.15, 0.2) is 36.4 Å². The van der Waals surface area contributed by atoms with Gasteiger partial charge in [-0.25, -0.2) is 9.97 Å². The molecule has 3 aromatic rings. The normalized spacial score (nSPS) is 15.2. The number of thiophene rings is 1. The third-order valence-electron chi connectivity index (χ3n) is 4.56. The van der Waals surface area contributed by atoms with Crippen LogP contribution in [0.2, 0.25) is 0 Å². The van der Waals surface area contributed by atoms with Gasteiger partial charge < -0.3 is 9.80 Å². The van der Waals surface area contributed by atoms with Crippen molar-refractivity contribution in [3.05, 3.63) is 47.1 Å². The van der Waals surface area contributed by atoms with Gasteiger partial charge in [0.05, 0.1) is 5.39 Å². The summed E-state index contributed by atoms with van der Waals surface area (Å²) in [6, 6.07) is 12.9. The van der Waals surface area contributed by atoms with Gasteiger partial charge in [-0.2, -0.15) is 0 Å². The molecule has 0 atom stereocenters. The zero-order valence-electron chi connectivity index (χ0n) is 14.2. The molecule has 2 aromatic heterocycles. The van der Waals surface area contributed by atoms with Gasteiger partial charge in [-0.15, -0.1) is 11.3 Å². The number of hydrogen-bond donors (Lipinski definition) is 0. The summed E-state index contributed by atoms with van der Waals surface area (Å²) in [4.78, 5) is 16.9. The zero-order valence-corrected chi connectivity index (χ0v) is 15.0. The van der Waals surface area contributed by atoms with Crippen LogP contribution in [0.1, 0.15) is 17.6 Å². The van der Waals surface area contributed by atoms with E-state index in [4.69, 9.17) is 9.97 Å². The van der Waals surface area contributed by atoms with E-state index in [0.29, 0.717) is 0 Å². The van der Waals surface area contributed by atoms with E-state index < -0.39 is 0 Å². The number of anilines is 2. The lowest BCUT2D eigenvalue weighted by atomic mass is 10.2. The second kappa shape index (κ2) is 6.40. The molecule has 1 saturated heterocycles. The van der Waals surface area contributed by atoms with Crippen LogP contribution in [0, 0.1) is 6.92 Å². The number of piperazine rings is 1. The van der Waals surface area contributed by atoms with Crippen LogP contribution in [-0.2, 0) is 6.42 Å². The Morgan fingerprint density at radius 1 is 1.00 bits per heavy atom. The highest BCUT2D eigenvalue weighted by Gasteiger charge is 2.21. The molecule has 4 nitrogen and oxygen atoms in total. The Hall–Kier alpha value is -2.14. The Kier molecular flexibility index (Phi) is 4.10. The van der Waals surface area contributed by atoms with Gasteiger partial charge in [0.15, 0.2) is 0 Å². The van der Waals surface area contributed by atoms with Gasteiger partial charge in [0.2, 0.25) is 0 Å².